The fourth-order valence-corrected chi connectivity index (χ4v) is 8.00. The minimum atomic E-state index is -0.178. The molecule has 27 heavy (non-hydrogen) atoms. The van der Waals surface area contributed by atoms with Gasteiger partial charge in [0.15, 0.2) is 0 Å². The summed E-state index contributed by atoms with van der Waals surface area (Å²) in [4.78, 5) is 31.3. The minimum Gasteiger partial charge on any atom is -0.340 e. The van der Waals surface area contributed by atoms with Crippen LogP contribution in [0.2, 0.25) is 0 Å². The highest BCUT2D eigenvalue weighted by Crippen LogP contribution is 2.60. The summed E-state index contributed by atoms with van der Waals surface area (Å²) >= 11 is 0. The Bertz CT molecular complexity index is 585. The predicted molar refractivity (Wildman–Crippen MR) is 105 cm³/mol. The molecule has 4 aliphatic carbocycles. The number of carbonyl (C=O) groups is 2. The van der Waals surface area contributed by atoms with E-state index in [0.29, 0.717) is 17.7 Å². The van der Waals surface area contributed by atoms with Gasteiger partial charge in [0, 0.05) is 19.6 Å². The van der Waals surface area contributed by atoms with Crippen LogP contribution in [0.15, 0.2) is 0 Å². The van der Waals surface area contributed by atoms with Crippen molar-refractivity contribution in [3.05, 3.63) is 0 Å². The molecule has 4 nitrogen and oxygen atoms in total. The van der Waals surface area contributed by atoms with Gasteiger partial charge in [0.1, 0.15) is 6.04 Å². The van der Waals surface area contributed by atoms with Crippen LogP contribution in [-0.4, -0.2) is 47.3 Å². The van der Waals surface area contributed by atoms with Gasteiger partial charge in [-0.05, 0) is 87.4 Å². The van der Waals surface area contributed by atoms with Gasteiger partial charge in [-0.1, -0.05) is 13.8 Å². The third-order valence-electron chi connectivity index (χ3n) is 8.47. The van der Waals surface area contributed by atoms with Gasteiger partial charge in [0.25, 0.3) is 0 Å². The second kappa shape index (κ2) is 6.49. The number of amides is 2. The van der Waals surface area contributed by atoms with Gasteiger partial charge < -0.3 is 9.80 Å². The van der Waals surface area contributed by atoms with Gasteiger partial charge in [0.05, 0.1) is 5.41 Å². The van der Waals surface area contributed by atoms with E-state index in [1.165, 1.54) is 25.7 Å². The topological polar surface area (TPSA) is 40.6 Å². The van der Waals surface area contributed by atoms with Crippen LogP contribution in [0.25, 0.3) is 0 Å². The third kappa shape index (κ3) is 3.02. The number of hydrogen-bond donors (Lipinski definition) is 0. The lowest BCUT2D eigenvalue weighted by Gasteiger charge is -2.56. The van der Waals surface area contributed by atoms with E-state index in [9.17, 15) is 9.59 Å². The van der Waals surface area contributed by atoms with E-state index in [2.05, 4.69) is 18.7 Å². The SMILES string of the molecule is C[C@@H]1C[C@H](C)CN(C(=O)[C@H]2CCCN2C(=O)C23CC4CC(CC(C4)C2)C3)C1. The molecule has 4 bridgehead atoms. The Morgan fingerprint density at radius 1 is 0.852 bits per heavy atom. The fraction of sp³-hybridized carbons (Fsp3) is 0.913. The molecule has 3 atom stereocenters. The molecule has 0 unspecified atom stereocenters. The Balaban J connectivity index is 1.34. The Morgan fingerprint density at radius 2 is 1.41 bits per heavy atom. The summed E-state index contributed by atoms with van der Waals surface area (Å²) in [7, 11) is 0. The lowest BCUT2D eigenvalue weighted by atomic mass is 9.49. The zero-order chi connectivity index (χ0) is 18.8. The van der Waals surface area contributed by atoms with Gasteiger partial charge in [0.2, 0.25) is 11.8 Å². The lowest BCUT2D eigenvalue weighted by Crippen LogP contribution is -2.58. The molecule has 0 radical (unpaired) electrons. The van der Waals surface area contributed by atoms with E-state index in [1.807, 2.05) is 4.90 Å². The summed E-state index contributed by atoms with van der Waals surface area (Å²) in [5, 5.41) is 0. The smallest absolute Gasteiger partial charge is 0.245 e. The largest absolute Gasteiger partial charge is 0.340 e. The monoisotopic (exact) mass is 372 g/mol. The van der Waals surface area contributed by atoms with Gasteiger partial charge in [-0.25, -0.2) is 0 Å². The summed E-state index contributed by atoms with van der Waals surface area (Å²) in [5.41, 5.74) is -0.111. The predicted octanol–water partition coefficient (Wildman–Crippen LogP) is 3.70. The number of likely N-dealkylation sites (tertiary alicyclic amines) is 2. The molecule has 0 aromatic carbocycles. The van der Waals surface area contributed by atoms with Crippen molar-refractivity contribution < 1.29 is 9.59 Å². The molecule has 0 aromatic rings. The van der Waals surface area contributed by atoms with Crippen LogP contribution in [-0.2, 0) is 9.59 Å². The van der Waals surface area contributed by atoms with Crippen LogP contribution < -0.4 is 0 Å². The Hall–Kier alpha value is -1.06. The second-order valence-corrected chi connectivity index (χ2v) is 11.0. The molecule has 2 amide bonds. The molecule has 2 aliphatic heterocycles. The molecule has 0 aromatic heterocycles. The molecule has 0 N–H and O–H groups in total. The number of hydrogen-bond acceptors (Lipinski definition) is 2. The molecule has 150 valence electrons. The summed E-state index contributed by atoms with van der Waals surface area (Å²) in [5.74, 6) is 4.08. The highest BCUT2D eigenvalue weighted by Gasteiger charge is 2.57. The highest BCUT2D eigenvalue weighted by atomic mass is 16.2. The van der Waals surface area contributed by atoms with Gasteiger partial charge in [-0.3, -0.25) is 9.59 Å². The Labute approximate surface area is 164 Å². The quantitative estimate of drug-likeness (QED) is 0.742. The summed E-state index contributed by atoms with van der Waals surface area (Å²) < 4.78 is 0. The van der Waals surface area contributed by atoms with E-state index in [-0.39, 0.29) is 17.4 Å². The fourth-order valence-electron chi connectivity index (χ4n) is 8.00. The molecule has 4 heteroatoms. The van der Waals surface area contributed by atoms with Crippen LogP contribution in [0.5, 0.6) is 0 Å². The van der Waals surface area contributed by atoms with Crippen LogP contribution in [0.3, 0.4) is 0 Å². The van der Waals surface area contributed by atoms with Gasteiger partial charge in [-0.2, -0.15) is 0 Å². The van der Waals surface area contributed by atoms with Crippen molar-refractivity contribution in [3.63, 3.8) is 0 Å². The second-order valence-electron chi connectivity index (χ2n) is 11.0. The van der Waals surface area contributed by atoms with Crippen LogP contribution in [0.1, 0.15) is 71.6 Å². The lowest BCUT2D eigenvalue weighted by molar-refractivity contribution is -0.162. The molecule has 6 fully saturated rings. The van der Waals surface area contributed by atoms with Crippen LogP contribution in [0, 0.1) is 35.0 Å². The Morgan fingerprint density at radius 3 is 1.96 bits per heavy atom. The first-order valence-corrected chi connectivity index (χ1v) is 11.5. The molecule has 0 spiro atoms. The summed E-state index contributed by atoms with van der Waals surface area (Å²) in [6.07, 6.45) is 10.5. The summed E-state index contributed by atoms with van der Waals surface area (Å²) in [6.45, 7) is 7.06. The zero-order valence-corrected chi connectivity index (χ0v) is 17.2. The number of nitrogens with zero attached hydrogens (tertiary/aromatic N) is 2. The molecule has 6 aliphatic rings. The van der Waals surface area contributed by atoms with Crippen molar-refractivity contribution in [2.45, 2.75) is 77.7 Å². The van der Waals surface area contributed by atoms with E-state index >= 15 is 0 Å². The number of rotatable bonds is 2. The standard InChI is InChI=1S/C23H36N2O2/c1-15-6-16(2)14-24(13-15)21(26)20-4-3-5-25(20)22(27)23-10-17-7-18(11-23)9-19(8-17)12-23/h15-20H,3-14H2,1-2H3/t15-,16+,17?,18?,19?,20-,23?/m1/s1. The molecule has 4 saturated carbocycles. The van der Waals surface area contributed by atoms with Crippen LogP contribution >= 0.6 is 0 Å². The van der Waals surface area contributed by atoms with E-state index in [0.717, 1.165) is 69.5 Å². The average molecular weight is 373 g/mol. The molecular weight excluding hydrogens is 336 g/mol. The van der Waals surface area contributed by atoms with E-state index < -0.39 is 0 Å². The third-order valence-corrected chi connectivity index (χ3v) is 8.47. The number of piperidine rings is 1. The van der Waals surface area contributed by atoms with E-state index in [1.54, 1.807) is 0 Å². The first-order chi connectivity index (χ1) is 12.9. The molecule has 6 rings (SSSR count). The van der Waals surface area contributed by atoms with Crippen molar-refractivity contribution >= 4 is 11.8 Å². The van der Waals surface area contributed by atoms with Crippen molar-refractivity contribution in [3.8, 4) is 0 Å². The maximum Gasteiger partial charge on any atom is 0.245 e. The minimum absolute atomic E-state index is 0.111. The zero-order valence-electron chi connectivity index (χ0n) is 17.2. The highest BCUT2D eigenvalue weighted by molar-refractivity contribution is 5.91. The van der Waals surface area contributed by atoms with Gasteiger partial charge in [-0.15, -0.1) is 0 Å². The Kier molecular flexibility index (Phi) is 4.32. The average Bonchev–Trinajstić information content (AvgIpc) is 3.07. The van der Waals surface area contributed by atoms with Crippen molar-refractivity contribution in [2.24, 2.45) is 35.0 Å². The maximum absolute atomic E-state index is 13.8. The number of carbonyl (C=O) groups excluding carboxylic acids is 2. The van der Waals surface area contributed by atoms with Gasteiger partial charge >= 0.3 is 0 Å². The first-order valence-electron chi connectivity index (χ1n) is 11.5. The molecular formula is C23H36N2O2. The molecule has 2 saturated heterocycles. The van der Waals surface area contributed by atoms with E-state index in [4.69, 9.17) is 0 Å². The maximum atomic E-state index is 13.8. The normalized spacial score (nSPS) is 46.1. The molecule has 2 heterocycles. The van der Waals surface area contributed by atoms with Crippen molar-refractivity contribution in [1.82, 2.24) is 9.80 Å². The summed E-state index contributed by atoms with van der Waals surface area (Å²) in [6, 6.07) is -0.178. The first kappa shape index (κ1) is 18.0. The van der Waals surface area contributed by atoms with Crippen molar-refractivity contribution in [2.75, 3.05) is 19.6 Å². The van der Waals surface area contributed by atoms with Crippen molar-refractivity contribution in [1.29, 1.82) is 0 Å². The van der Waals surface area contributed by atoms with Crippen LogP contribution in [0.4, 0.5) is 0 Å².